The minimum absolute atomic E-state index is 0.0992. The Balaban J connectivity index is 1.88. The van der Waals surface area contributed by atoms with Crippen molar-refractivity contribution in [3.63, 3.8) is 0 Å². The zero-order chi connectivity index (χ0) is 22.9. The van der Waals surface area contributed by atoms with E-state index in [0.717, 1.165) is 28.6 Å². The SMILES string of the molecule is CS(=O)(=O)c1ccc(-c2cnn(-c3ccc(F)c(F)c3)c(=O)c2Cc2ccccc2)cc1. The van der Waals surface area contributed by atoms with Crippen molar-refractivity contribution in [2.75, 3.05) is 6.26 Å². The van der Waals surface area contributed by atoms with Gasteiger partial charge in [0, 0.05) is 29.9 Å². The normalized spacial score (nSPS) is 11.5. The summed E-state index contributed by atoms with van der Waals surface area (Å²) in [5.41, 5.74) is 2.03. The molecular weight excluding hydrogens is 434 g/mol. The molecule has 32 heavy (non-hydrogen) atoms. The van der Waals surface area contributed by atoms with Crippen LogP contribution in [0.4, 0.5) is 8.78 Å². The maximum absolute atomic E-state index is 13.8. The summed E-state index contributed by atoms with van der Waals surface area (Å²) in [6, 6.07) is 18.6. The van der Waals surface area contributed by atoms with E-state index in [1.165, 1.54) is 24.4 Å². The van der Waals surface area contributed by atoms with Crippen molar-refractivity contribution in [2.24, 2.45) is 0 Å². The molecule has 0 aliphatic heterocycles. The van der Waals surface area contributed by atoms with Gasteiger partial charge in [-0.1, -0.05) is 42.5 Å². The Morgan fingerprint density at radius 1 is 0.906 bits per heavy atom. The van der Waals surface area contributed by atoms with Gasteiger partial charge in [0.05, 0.1) is 16.8 Å². The van der Waals surface area contributed by atoms with Crippen LogP contribution in [-0.2, 0) is 16.3 Å². The van der Waals surface area contributed by atoms with E-state index in [1.807, 2.05) is 30.3 Å². The molecule has 0 bridgehead atoms. The lowest BCUT2D eigenvalue weighted by Gasteiger charge is -2.13. The molecule has 4 aromatic rings. The van der Waals surface area contributed by atoms with Gasteiger partial charge in [0.25, 0.3) is 5.56 Å². The molecule has 5 nitrogen and oxygen atoms in total. The summed E-state index contributed by atoms with van der Waals surface area (Å²) < 4.78 is 51.7. The number of hydrogen-bond acceptors (Lipinski definition) is 4. The van der Waals surface area contributed by atoms with Gasteiger partial charge in [0.1, 0.15) is 0 Å². The molecule has 3 aromatic carbocycles. The van der Waals surface area contributed by atoms with Crippen molar-refractivity contribution in [2.45, 2.75) is 11.3 Å². The minimum atomic E-state index is -3.37. The average molecular weight is 452 g/mol. The maximum Gasteiger partial charge on any atom is 0.275 e. The Kier molecular flexibility index (Phi) is 5.71. The second-order valence-corrected chi connectivity index (χ2v) is 9.33. The summed E-state index contributed by atoms with van der Waals surface area (Å²) >= 11 is 0. The van der Waals surface area contributed by atoms with Crippen molar-refractivity contribution in [3.8, 4) is 16.8 Å². The fourth-order valence-electron chi connectivity index (χ4n) is 3.39. The van der Waals surface area contributed by atoms with Crippen LogP contribution in [0, 0.1) is 11.6 Å². The number of rotatable bonds is 5. The molecule has 0 spiro atoms. The van der Waals surface area contributed by atoms with E-state index >= 15 is 0 Å². The molecule has 162 valence electrons. The second-order valence-electron chi connectivity index (χ2n) is 7.31. The summed E-state index contributed by atoms with van der Waals surface area (Å²) in [4.78, 5) is 13.5. The van der Waals surface area contributed by atoms with E-state index in [0.29, 0.717) is 16.7 Å². The Morgan fingerprint density at radius 3 is 2.22 bits per heavy atom. The Bertz CT molecular complexity index is 1450. The largest absolute Gasteiger partial charge is 0.275 e. The Morgan fingerprint density at radius 2 is 1.59 bits per heavy atom. The fraction of sp³-hybridized carbons (Fsp3) is 0.0833. The average Bonchev–Trinajstić information content (AvgIpc) is 2.77. The van der Waals surface area contributed by atoms with Crippen LogP contribution in [0.1, 0.15) is 11.1 Å². The highest BCUT2D eigenvalue weighted by molar-refractivity contribution is 7.90. The number of aromatic nitrogens is 2. The Hall–Kier alpha value is -3.65. The monoisotopic (exact) mass is 452 g/mol. The lowest BCUT2D eigenvalue weighted by molar-refractivity contribution is 0.507. The first-order valence-corrected chi connectivity index (χ1v) is 11.5. The lowest BCUT2D eigenvalue weighted by Crippen LogP contribution is -2.26. The molecule has 4 rings (SSSR count). The van der Waals surface area contributed by atoms with E-state index in [2.05, 4.69) is 5.10 Å². The van der Waals surface area contributed by atoms with Crippen molar-refractivity contribution in [1.82, 2.24) is 9.78 Å². The van der Waals surface area contributed by atoms with E-state index < -0.39 is 27.0 Å². The summed E-state index contributed by atoms with van der Waals surface area (Å²) in [6.07, 6.45) is 2.86. The molecule has 0 aliphatic carbocycles. The van der Waals surface area contributed by atoms with E-state index in [9.17, 15) is 22.0 Å². The zero-order valence-electron chi connectivity index (χ0n) is 17.0. The summed E-state index contributed by atoms with van der Waals surface area (Å²) in [5.74, 6) is -2.10. The minimum Gasteiger partial charge on any atom is -0.267 e. The molecule has 0 N–H and O–H groups in total. The van der Waals surface area contributed by atoms with Gasteiger partial charge in [-0.2, -0.15) is 9.78 Å². The molecule has 1 heterocycles. The van der Waals surface area contributed by atoms with E-state index in [4.69, 9.17) is 0 Å². The summed E-state index contributed by atoms with van der Waals surface area (Å²) in [5, 5.41) is 4.17. The van der Waals surface area contributed by atoms with Gasteiger partial charge in [0.15, 0.2) is 21.5 Å². The number of benzene rings is 3. The summed E-state index contributed by atoms with van der Waals surface area (Å²) in [7, 11) is -3.37. The first-order chi connectivity index (χ1) is 15.2. The van der Waals surface area contributed by atoms with Crippen molar-refractivity contribution in [3.05, 3.63) is 112 Å². The van der Waals surface area contributed by atoms with Crippen molar-refractivity contribution < 1.29 is 17.2 Å². The Labute approximate surface area is 183 Å². The fourth-order valence-corrected chi connectivity index (χ4v) is 4.02. The molecule has 0 unspecified atom stereocenters. The molecule has 0 fully saturated rings. The van der Waals surface area contributed by atoms with Gasteiger partial charge in [-0.05, 0) is 35.4 Å². The number of nitrogens with zero attached hydrogens (tertiary/aromatic N) is 2. The van der Waals surface area contributed by atoms with Crippen LogP contribution in [0.5, 0.6) is 0 Å². The topological polar surface area (TPSA) is 69.0 Å². The standard InChI is InChI=1S/C24H18F2N2O3S/c1-32(30,31)19-10-7-17(8-11-19)21-15-27-28(18-9-12-22(25)23(26)14-18)24(29)20(21)13-16-5-3-2-4-6-16/h2-12,14-15H,13H2,1H3. The molecule has 0 atom stereocenters. The predicted molar refractivity (Wildman–Crippen MR) is 118 cm³/mol. The summed E-state index contributed by atoms with van der Waals surface area (Å²) in [6.45, 7) is 0. The first kappa shape index (κ1) is 21.6. The van der Waals surface area contributed by atoms with Crippen LogP contribution in [0.2, 0.25) is 0 Å². The number of hydrogen-bond donors (Lipinski definition) is 0. The van der Waals surface area contributed by atoms with Crippen LogP contribution in [0.3, 0.4) is 0 Å². The maximum atomic E-state index is 13.8. The highest BCUT2D eigenvalue weighted by Gasteiger charge is 2.17. The van der Waals surface area contributed by atoms with Crippen LogP contribution in [0.25, 0.3) is 16.8 Å². The molecule has 0 radical (unpaired) electrons. The van der Waals surface area contributed by atoms with Gasteiger partial charge in [-0.15, -0.1) is 0 Å². The molecule has 0 amide bonds. The van der Waals surface area contributed by atoms with Crippen LogP contribution >= 0.6 is 0 Å². The van der Waals surface area contributed by atoms with Crippen LogP contribution in [0.15, 0.2) is 88.7 Å². The van der Waals surface area contributed by atoms with Crippen molar-refractivity contribution in [1.29, 1.82) is 0 Å². The van der Waals surface area contributed by atoms with E-state index in [1.54, 1.807) is 12.1 Å². The highest BCUT2D eigenvalue weighted by Crippen LogP contribution is 2.25. The number of halogens is 2. The molecule has 0 saturated carbocycles. The van der Waals surface area contributed by atoms with Gasteiger partial charge < -0.3 is 0 Å². The molecule has 0 saturated heterocycles. The first-order valence-electron chi connectivity index (χ1n) is 9.65. The van der Waals surface area contributed by atoms with Gasteiger partial charge in [-0.25, -0.2) is 17.2 Å². The number of sulfone groups is 1. The van der Waals surface area contributed by atoms with Crippen molar-refractivity contribution >= 4 is 9.84 Å². The van der Waals surface area contributed by atoms with Crippen LogP contribution < -0.4 is 5.56 Å². The smallest absolute Gasteiger partial charge is 0.267 e. The molecule has 0 aliphatic rings. The molecule has 8 heteroatoms. The van der Waals surface area contributed by atoms with Gasteiger partial charge in [-0.3, -0.25) is 4.79 Å². The second kappa shape index (κ2) is 8.47. The van der Waals surface area contributed by atoms with Crippen LogP contribution in [-0.4, -0.2) is 24.5 Å². The lowest BCUT2D eigenvalue weighted by atomic mass is 9.97. The third-order valence-electron chi connectivity index (χ3n) is 5.04. The zero-order valence-corrected chi connectivity index (χ0v) is 17.8. The highest BCUT2D eigenvalue weighted by atomic mass is 32.2. The third-order valence-corrected chi connectivity index (χ3v) is 6.17. The van der Waals surface area contributed by atoms with Gasteiger partial charge in [0.2, 0.25) is 0 Å². The third kappa shape index (κ3) is 4.36. The quantitative estimate of drug-likeness (QED) is 0.456. The molecule has 1 aromatic heterocycles. The molecular formula is C24H18F2N2O3S. The van der Waals surface area contributed by atoms with Gasteiger partial charge >= 0.3 is 0 Å². The predicted octanol–water partition coefficient (Wildman–Crippen LogP) is 4.17. The van der Waals surface area contributed by atoms with E-state index in [-0.39, 0.29) is 17.0 Å².